The number of hydrogen-bond acceptors (Lipinski definition) is 27. The fourth-order valence-corrected chi connectivity index (χ4v) is 5.77. The van der Waals surface area contributed by atoms with Crippen molar-refractivity contribution in [3.63, 3.8) is 0 Å². The smallest absolute Gasteiger partial charge is 0.414 e. The van der Waals surface area contributed by atoms with Gasteiger partial charge in [-0.3, -0.25) is 4.79 Å². The number of hydrogen-bond donors (Lipinski definition) is 9. The minimum absolute atomic E-state index is 0.0417. The average Bonchev–Trinajstić information content (AvgIpc) is 0.938. The number of aliphatic hydroxyl groups is 1. The van der Waals surface area contributed by atoms with Crippen LogP contribution in [0.3, 0.4) is 0 Å². The molecule has 860 valence electrons. The molecule has 140 heavy (non-hydrogen) atoms. The zero-order valence-electron chi connectivity index (χ0n) is 102. The molecular formula is C110H245F3N8O19. The number of ketones is 1. The molecule has 0 bridgehead atoms. The molecule has 0 heterocycles. The van der Waals surface area contributed by atoms with E-state index in [1.807, 2.05) is 197 Å². The molecule has 1 atom stereocenters. The van der Waals surface area contributed by atoms with Crippen molar-refractivity contribution < 1.29 is 104 Å². The lowest BCUT2D eigenvalue weighted by Crippen LogP contribution is -2.31. The molecule has 1 aliphatic carbocycles. The number of ether oxygens (including phenoxy) is 17. The number of alkyl halides is 3. The number of halogens is 3. The average molecular weight is 2040 g/mol. The zero-order valence-corrected chi connectivity index (χ0v) is 102. The summed E-state index contributed by atoms with van der Waals surface area (Å²) in [4.78, 5) is 9.92. The Morgan fingerprint density at radius 3 is 0.964 bits per heavy atom. The predicted octanol–water partition coefficient (Wildman–Crippen LogP) is 23.1. The molecule has 1 saturated carbocycles. The monoisotopic (exact) mass is 2040 g/mol. The van der Waals surface area contributed by atoms with Gasteiger partial charge >= 0.3 is 6.18 Å². The van der Waals surface area contributed by atoms with Crippen LogP contribution >= 0.6 is 0 Å². The molecule has 10 N–H and O–H groups in total. The van der Waals surface area contributed by atoms with E-state index in [-0.39, 0.29) is 18.0 Å². The molecule has 1 unspecified atom stereocenters. The third-order valence-electron chi connectivity index (χ3n) is 14.1. The van der Waals surface area contributed by atoms with Crippen LogP contribution in [0.4, 0.5) is 13.2 Å². The normalized spacial score (nSPS) is 9.96. The summed E-state index contributed by atoms with van der Waals surface area (Å²) in [5.74, 6) is 3.36. The second kappa shape index (κ2) is 192. The van der Waals surface area contributed by atoms with Crippen molar-refractivity contribution in [3.05, 3.63) is 122 Å². The van der Waals surface area contributed by atoms with E-state index < -0.39 is 12.3 Å². The van der Waals surface area contributed by atoms with E-state index >= 15 is 0 Å². The first-order valence-corrected chi connectivity index (χ1v) is 49.1. The highest BCUT2D eigenvalue weighted by molar-refractivity contribution is 5.76. The number of carbonyl (C=O) groups is 1. The number of nitrogens with one attached hydrogen (secondary N) is 7. The van der Waals surface area contributed by atoms with Gasteiger partial charge in [-0.2, -0.15) is 13.2 Å². The van der Waals surface area contributed by atoms with E-state index in [0.29, 0.717) is 42.9 Å². The van der Waals surface area contributed by atoms with E-state index in [4.69, 9.17) is 52.5 Å². The fourth-order valence-electron chi connectivity index (χ4n) is 5.77. The summed E-state index contributed by atoms with van der Waals surface area (Å²) in [6.45, 7) is 68.5. The highest BCUT2D eigenvalue weighted by Gasteiger charge is 2.35. The van der Waals surface area contributed by atoms with Crippen LogP contribution < -0.4 is 52.4 Å². The Balaban J connectivity index is -0.0000000521. The summed E-state index contributed by atoms with van der Waals surface area (Å²) in [5, 5.41) is 28.0. The molecule has 27 nitrogen and oxygen atoms in total. The van der Waals surface area contributed by atoms with Crippen LogP contribution in [-0.2, 0) is 82.5 Å². The zero-order chi connectivity index (χ0) is 115. The lowest BCUT2D eigenvalue weighted by atomic mass is 9.98. The van der Waals surface area contributed by atoms with Gasteiger partial charge in [0, 0.05) is 165 Å². The largest absolute Gasteiger partial charge is 0.505 e. The second-order valence-electron chi connectivity index (χ2n) is 31.7. The van der Waals surface area contributed by atoms with Crippen LogP contribution in [0.1, 0.15) is 254 Å². The van der Waals surface area contributed by atoms with Gasteiger partial charge in [0.05, 0.1) is 58.6 Å². The van der Waals surface area contributed by atoms with Gasteiger partial charge in [-0.1, -0.05) is 194 Å². The number of nitrogens with two attached hydrogens (primary N) is 1. The van der Waals surface area contributed by atoms with Crippen LogP contribution in [0.25, 0.3) is 0 Å². The number of methoxy groups -OCH3 is 17. The van der Waals surface area contributed by atoms with Gasteiger partial charge in [-0.25, -0.2) is 0 Å². The Kier molecular flexibility index (Phi) is 261. The number of aryl methyl sites for hydroxylation is 1. The van der Waals surface area contributed by atoms with Crippen molar-refractivity contribution in [2.45, 2.75) is 298 Å². The van der Waals surface area contributed by atoms with E-state index in [2.05, 4.69) is 200 Å². The molecule has 0 aliphatic heterocycles. The van der Waals surface area contributed by atoms with Crippen molar-refractivity contribution in [2.75, 3.05) is 278 Å². The highest BCUT2D eigenvalue weighted by Crippen LogP contribution is 2.21. The van der Waals surface area contributed by atoms with Gasteiger partial charge in [0.1, 0.15) is 24.2 Å². The summed E-state index contributed by atoms with van der Waals surface area (Å²) in [6, 6.07) is 28.4. The van der Waals surface area contributed by atoms with Gasteiger partial charge < -0.3 is 129 Å². The lowest BCUT2D eigenvalue weighted by Gasteiger charge is -2.19. The van der Waals surface area contributed by atoms with Gasteiger partial charge in [0.2, 0.25) is 0 Å². The summed E-state index contributed by atoms with van der Waals surface area (Å²) in [6.07, 6.45) is 13.4. The molecule has 1 aliphatic rings. The first-order valence-electron chi connectivity index (χ1n) is 49.1. The molecular weight excluding hydrogens is 1790 g/mol. The van der Waals surface area contributed by atoms with Crippen LogP contribution in [-0.4, -0.2) is 330 Å². The van der Waals surface area contributed by atoms with Crippen molar-refractivity contribution in [1.82, 2.24) is 37.2 Å². The first kappa shape index (κ1) is 190. The van der Waals surface area contributed by atoms with Crippen LogP contribution in [0.2, 0.25) is 0 Å². The van der Waals surface area contributed by atoms with E-state index in [1.54, 1.807) is 113 Å². The van der Waals surface area contributed by atoms with Crippen LogP contribution in [0.15, 0.2) is 110 Å². The lowest BCUT2D eigenvalue weighted by molar-refractivity contribution is -0.206. The Morgan fingerprint density at radius 2 is 0.850 bits per heavy atom. The molecule has 1 fully saturated rings. The van der Waals surface area contributed by atoms with Gasteiger partial charge in [-0.15, -0.1) is 6.58 Å². The number of para-hydroxylation sites is 1. The summed E-state index contributed by atoms with van der Waals surface area (Å²) in [5.41, 5.74) is 7.32. The molecule has 3 aromatic rings. The SMILES string of the molecule is C=CCOC.C=COC.CCCCNC.CCCCOC.CCCNC.CCCOC.CCCOC.CCNC.CCOC.CCOC.CN.CNC.CNC(C)(C)C.CNC(C)C.CNCC(C)C.CO.COC.COC(C)(C)C.COC(C)C.COC(C)C(F)(F)F.COC1CCCCC1.COCC(C)=O.COCC(C)C.COCc1ccccc1.COc1ccc(C)cc1.COc1ccccc1. The summed E-state index contributed by atoms with van der Waals surface area (Å²) in [7, 11) is 47.5. The molecule has 0 saturated heterocycles. The highest BCUT2D eigenvalue weighted by atomic mass is 19.4. The van der Waals surface area contributed by atoms with Gasteiger partial charge in [0.15, 0.2) is 5.78 Å². The number of rotatable bonds is 32. The Labute approximate surface area is 868 Å². The number of benzene rings is 3. The van der Waals surface area contributed by atoms with Crippen molar-refractivity contribution in [3.8, 4) is 11.5 Å². The van der Waals surface area contributed by atoms with Crippen molar-refractivity contribution in [1.29, 1.82) is 0 Å². The van der Waals surface area contributed by atoms with Crippen LogP contribution in [0, 0.1) is 18.8 Å². The molecule has 0 radical (unpaired) electrons. The Bertz CT molecular complexity index is 2190. The maximum Gasteiger partial charge on any atom is 0.414 e. The maximum atomic E-state index is 11.3. The van der Waals surface area contributed by atoms with Gasteiger partial charge in [0.25, 0.3) is 0 Å². The quantitative estimate of drug-likeness (QED) is 0.0159. The first-order chi connectivity index (χ1) is 66.0. The third kappa shape index (κ3) is 336. The number of aliphatic hydroxyl groups excluding tert-OH is 1. The predicted molar refractivity (Wildman–Crippen MR) is 609 cm³/mol. The molecule has 30 heteroatoms. The molecule has 0 aromatic heterocycles. The van der Waals surface area contributed by atoms with E-state index in [1.165, 1.54) is 103 Å². The summed E-state index contributed by atoms with van der Waals surface area (Å²) >= 11 is 0. The third-order valence-corrected chi connectivity index (χ3v) is 14.1. The molecule has 4 rings (SSSR count). The van der Waals surface area contributed by atoms with Crippen molar-refractivity contribution in [2.24, 2.45) is 17.6 Å². The standard InChI is InChI=1S/2C8H10O.C7H14O.C7H8O.3C5H13N.3C5H12O.C4H7F3O.2C4H11N.C4H8O2.3C4H10O.C4H8O.C3H9N.2C3H8O.C3H6O.C2H7N.C2H6O.CH5N.CH4O/c1-7-3-5-8(9-2)6-4-7;1-9-7-8-5-3-2-4-6-8;2*1-8-7-5-3-2-4-6-7;1-5(2)4-6-3;1-5(2,3)6-4;1-3-4-5-6-2;1-5(2)4-6-3;1-5(2,3)6-4;1-3-4-5-6-2;1-3(8-2)4(5,6)7;1-4(2)5-3;1-3-4-5-2;1-4(5)3-6-2;1-4(2)5-3;3*1-3-4-5-2;4*1-3-4-2;2*1-3-2;2*1-2/h3-6H,1-2H3;2-6H,7H2,1H3;7H,2-6H2,1H3;2-6H,1H3;5-6H,4H2,1-3H3;6H,1-4H3;6H,3-5H2,1-2H3;5H,4H2,1-3H3;1-4H3;3-5H2,1-2H3;3H,1-2H3;4-5H,1-3H3;5H,3-4H2,1-2H3;3H2,1-2H3;4H,1-3H3;2*3-4H2,1-2H3;3H,1,4H2,2H3;4H,3H2,1-2H3;2*3H2,1-2H3;3H,1H2,2H3;3H,1-2H3;1-2H3;2H2,1H3;2H,1H3. The topological polar surface area (TPSA) is 304 Å². The minimum atomic E-state index is -4.21. The maximum absolute atomic E-state index is 11.3. The molecule has 3 aromatic carbocycles. The van der Waals surface area contributed by atoms with Crippen LogP contribution in [0.5, 0.6) is 11.5 Å². The molecule has 0 amide bonds. The van der Waals surface area contributed by atoms with E-state index in [0.717, 1.165) is 117 Å². The Hall–Kier alpha value is -4.92. The summed E-state index contributed by atoms with van der Waals surface area (Å²) < 4.78 is 113. The number of carbonyl (C=O) groups excluding carboxylic acids is 1. The fraction of sp³-hybridized carbons (Fsp3) is 0.791. The number of Topliss-reactive ketones (excluding diaryl/α,β-unsaturated/α-hetero) is 1. The number of unbranched alkanes of at least 4 members (excludes halogenated alkanes) is 2. The molecule has 0 spiro atoms. The van der Waals surface area contributed by atoms with Crippen molar-refractivity contribution >= 4 is 5.78 Å². The van der Waals surface area contributed by atoms with Gasteiger partial charge in [-0.05, 0) is 266 Å². The van der Waals surface area contributed by atoms with E-state index in [9.17, 15) is 18.0 Å². The second-order valence-corrected chi connectivity index (χ2v) is 31.7. The Morgan fingerprint density at radius 1 is 0.493 bits per heavy atom. The minimum Gasteiger partial charge on any atom is -0.505 e.